The van der Waals surface area contributed by atoms with Crippen LogP contribution < -0.4 is 10.1 Å². The highest BCUT2D eigenvalue weighted by atomic mass is 16.5. The van der Waals surface area contributed by atoms with Crippen molar-refractivity contribution in [2.45, 2.75) is 26.7 Å². The molecule has 0 saturated heterocycles. The van der Waals surface area contributed by atoms with E-state index in [0.717, 1.165) is 22.1 Å². The van der Waals surface area contributed by atoms with E-state index in [-0.39, 0.29) is 11.8 Å². The van der Waals surface area contributed by atoms with E-state index < -0.39 is 0 Å². The zero-order valence-electron chi connectivity index (χ0n) is 17.9. The van der Waals surface area contributed by atoms with Crippen LogP contribution in [-0.4, -0.2) is 46.0 Å². The number of rotatable bonds is 12. The largest absolute Gasteiger partial charge is 0.497 e. The highest BCUT2D eigenvalue weighted by molar-refractivity contribution is 5.88. The molecule has 29 heavy (non-hydrogen) atoms. The Bertz CT molecular complexity index is 801. The Hall–Kier alpha value is -2.37. The summed E-state index contributed by atoms with van der Waals surface area (Å²) in [5.74, 6) is 1.14. The fourth-order valence-corrected chi connectivity index (χ4v) is 2.89. The van der Waals surface area contributed by atoms with Crippen molar-refractivity contribution in [2.75, 3.05) is 40.1 Å². The van der Waals surface area contributed by atoms with E-state index in [4.69, 9.17) is 14.2 Å². The third kappa shape index (κ3) is 7.87. The molecule has 5 nitrogen and oxygen atoms in total. The molecule has 2 aromatic carbocycles. The lowest BCUT2D eigenvalue weighted by Gasteiger charge is -2.14. The topological polar surface area (TPSA) is 56.8 Å². The van der Waals surface area contributed by atoms with Crippen LogP contribution in [0.5, 0.6) is 5.75 Å². The lowest BCUT2D eigenvalue weighted by Crippen LogP contribution is -2.31. The van der Waals surface area contributed by atoms with Gasteiger partial charge in [-0.25, -0.2) is 0 Å². The molecule has 0 aliphatic rings. The number of benzene rings is 2. The predicted octanol–water partition coefficient (Wildman–Crippen LogP) is 4.31. The second kappa shape index (κ2) is 12.2. The van der Waals surface area contributed by atoms with Crippen LogP contribution in [0.4, 0.5) is 0 Å². The van der Waals surface area contributed by atoms with Crippen molar-refractivity contribution < 1.29 is 19.0 Å². The molecule has 158 valence electrons. The van der Waals surface area contributed by atoms with Crippen LogP contribution in [0.1, 0.15) is 32.3 Å². The van der Waals surface area contributed by atoms with Crippen LogP contribution in [0.25, 0.3) is 10.8 Å². The predicted molar refractivity (Wildman–Crippen MR) is 118 cm³/mol. The van der Waals surface area contributed by atoms with Gasteiger partial charge in [-0.05, 0) is 41.3 Å². The molecule has 2 aromatic rings. The molecular weight excluding hydrogens is 366 g/mol. The highest BCUT2D eigenvalue weighted by Gasteiger charge is 2.15. The SMILES string of the molecule is COc1ccc2cc([C@@H](C)C(=O)NCCOCCOC/C=C/C(C)C)ccc2c1. The third-order valence-corrected chi connectivity index (χ3v) is 4.62. The van der Waals surface area contributed by atoms with Crippen LogP contribution in [0.15, 0.2) is 48.6 Å². The van der Waals surface area contributed by atoms with Crippen LogP contribution in [0, 0.1) is 5.92 Å². The van der Waals surface area contributed by atoms with Gasteiger partial charge in [0.25, 0.3) is 0 Å². The third-order valence-electron chi connectivity index (χ3n) is 4.62. The van der Waals surface area contributed by atoms with Gasteiger partial charge < -0.3 is 19.5 Å². The molecule has 1 atom stereocenters. The second-order valence-electron chi connectivity index (χ2n) is 7.34. The number of allylic oxidation sites excluding steroid dienone is 1. The average molecular weight is 400 g/mol. The molecule has 0 spiro atoms. The summed E-state index contributed by atoms with van der Waals surface area (Å²) in [7, 11) is 1.66. The molecule has 0 aliphatic heterocycles. The number of amides is 1. The summed E-state index contributed by atoms with van der Waals surface area (Å²) in [5.41, 5.74) is 0.990. The Balaban J connectivity index is 1.68. The Morgan fingerprint density at radius 1 is 1.00 bits per heavy atom. The average Bonchev–Trinajstić information content (AvgIpc) is 2.73. The monoisotopic (exact) mass is 399 g/mol. The van der Waals surface area contributed by atoms with E-state index in [2.05, 4.69) is 31.3 Å². The van der Waals surface area contributed by atoms with Gasteiger partial charge in [-0.1, -0.05) is 50.3 Å². The smallest absolute Gasteiger partial charge is 0.227 e. The van der Waals surface area contributed by atoms with Gasteiger partial charge in [-0.15, -0.1) is 0 Å². The Morgan fingerprint density at radius 3 is 2.48 bits per heavy atom. The number of ether oxygens (including phenoxy) is 3. The standard InChI is InChI=1S/C24H33NO4/c1-18(2)6-5-12-28-14-15-29-13-11-25-24(26)19(3)20-7-8-22-17-23(27-4)10-9-21(22)16-20/h5-10,16-19H,11-15H2,1-4H3,(H,25,26)/b6-5+/t19-/m1/s1. The van der Waals surface area contributed by atoms with E-state index in [1.54, 1.807) is 7.11 Å². The minimum Gasteiger partial charge on any atom is -0.497 e. The van der Waals surface area contributed by atoms with E-state index in [1.807, 2.05) is 43.3 Å². The van der Waals surface area contributed by atoms with Crippen molar-refractivity contribution in [3.05, 3.63) is 54.1 Å². The van der Waals surface area contributed by atoms with Crippen molar-refractivity contribution in [2.24, 2.45) is 5.92 Å². The van der Waals surface area contributed by atoms with Crippen LogP contribution in [0.2, 0.25) is 0 Å². The number of carbonyl (C=O) groups is 1. The van der Waals surface area contributed by atoms with Gasteiger partial charge in [0, 0.05) is 6.54 Å². The summed E-state index contributed by atoms with van der Waals surface area (Å²) in [6, 6.07) is 12.0. The molecule has 5 heteroatoms. The van der Waals surface area contributed by atoms with Gasteiger partial charge in [0.1, 0.15) is 5.75 Å². The van der Waals surface area contributed by atoms with Crippen LogP contribution >= 0.6 is 0 Å². The minimum atomic E-state index is -0.224. The molecule has 0 radical (unpaired) electrons. The van der Waals surface area contributed by atoms with Gasteiger partial charge in [-0.3, -0.25) is 4.79 Å². The molecule has 0 saturated carbocycles. The molecule has 0 aliphatic carbocycles. The molecule has 0 fully saturated rings. The van der Waals surface area contributed by atoms with Gasteiger partial charge in [0.2, 0.25) is 5.91 Å². The first-order valence-corrected chi connectivity index (χ1v) is 10.2. The van der Waals surface area contributed by atoms with Crippen molar-refractivity contribution in [3.8, 4) is 5.75 Å². The number of nitrogens with one attached hydrogen (secondary N) is 1. The summed E-state index contributed by atoms with van der Waals surface area (Å²) >= 11 is 0. The minimum absolute atomic E-state index is 0.00321. The van der Waals surface area contributed by atoms with Crippen molar-refractivity contribution in [3.63, 3.8) is 0 Å². The van der Waals surface area contributed by atoms with Gasteiger partial charge in [0.05, 0.1) is 39.5 Å². The molecule has 1 N–H and O–H groups in total. The first-order chi connectivity index (χ1) is 14.0. The Kier molecular flexibility index (Phi) is 9.68. The molecule has 0 bridgehead atoms. The van der Waals surface area contributed by atoms with E-state index in [0.29, 0.717) is 38.9 Å². The lowest BCUT2D eigenvalue weighted by molar-refractivity contribution is -0.122. The van der Waals surface area contributed by atoms with E-state index in [9.17, 15) is 4.79 Å². The van der Waals surface area contributed by atoms with Gasteiger partial charge in [-0.2, -0.15) is 0 Å². The fraction of sp³-hybridized carbons (Fsp3) is 0.458. The number of hydrogen-bond donors (Lipinski definition) is 1. The number of carbonyl (C=O) groups excluding carboxylic acids is 1. The Morgan fingerprint density at radius 2 is 1.72 bits per heavy atom. The maximum absolute atomic E-state index is 12.4. The molecule has 0 heterocycles. The first-order valence-electron chi connectivity index (χ1n) is 10.2. The van der Waals surface area contributed by atoms with Crippen LogP contribution in [0.3, 0.4) is 0 Å². The summed E-state index contributed by atoms with van der Waals surface area (Å²) in [4.78, 5) is 12.4. The zero-order chi connectivity index (χ0) is 21.1. The second-order valence-corrected chi connectivity index (χ2v) is 7.34. The number of hydrogen-bond acceptors (Lipinski definition) is 4. The first kappa shape index (κ1) is 22.9. The maximum Gasteiger partial charge on any atom is 0.227 e. The molecule has 0 aromatic heterocycles. The van der Waals surface area contributed by atoms with Crippen molar-refractivity contribution in [1.29, 1.82) is 0 Å². The fourth-order valence-electron chi connectivity index (χ4n) is 2.89. The van der Waals surface area contributed by atoms with E-state index >= 15 is 0 Å². The molecule has 1 amide bonds. The summed E-state index contributed by atoms with van der Waals surface area (Å²) in [5, 5.41) is 5.12. The summed E-state index contributed by atoms with van der Waals surface area (Å²) in [6.45, 7) is 8.82. The van der Waals surface area contributed by atoms with Crippen molar-refractivity contribution in [1.82, 2.24) is 5.32 Å². The zero-order valence-corrected chi connectivity index (χ0v) is 17.9. The highest BCUT2D eigenvalue weighted by Crippen LogP contribution is 2.25. The molecule has 0 unspecified atom stereocenters. The molecular formula is C24H33NO4. The van der Waals surface area contributed by atoms with Gasteiger partial charge >= 0.3 is 0 Å². The van der Waals surface area contributed by atoms with Crippen LogP contribution in [-0.2, 0) is 14.3 Å². The van der Waals surface area contributed by atoms with Gasteiger partial charge in [0.15, 0.2) is 0 Å². The quantitative estimate of drug-likeness (QED) is 0.427. The maximum atomic E-state index is 12.4. The van der Waals surface area contributed by atoms with Crippen molar-refractivity contribution >= 4 is 16.7 Å². The normalized spacial score (nSPS) is 12.6. The summed E-state index contributed by atoms with van der Waals surface area (Å²) in [6.07, 6.45) is 4.14. The number of fused-ring (bicyclic) bond motifs is 1. The summed E-state index contributed by atoms with van der Waals surface area (Å²) < 4.78 is 16.2. The molecule has 2 rings (SSSR count). The number of methoxy groups -OCH3 is 1. The Labute approximate surface area is 174 Å². The van der Waals surface area contributed by atoms with E-state index in [1.165, 1.54) is 0 Å². The lowest BCUT2D eigenvalue weighted by atomic mass is 9.97.